The van der Waals surface area contributed by atoms with Gasteiger partial charge in [0.25, 0.3) is 0 Å². The number of H-pyrrole nitrogens is 1. The van der Waals surface area contributed by atoms with Crippen LogP contribution < -0.4 is 5.32 Å². The summed E-state index contributed by atoms with van der Waals surface area (Å²) < 4.78 is 0. The summed E-state index contributed by atoms with van der Waals surface area (Å²) in [6.07, 6.45) is 2.04. The fourth-order valence-electron chi connectivity index (χ4n) is 1.97. The van der Waals surface area contributed by atoms with Gasteiger partial charge in [0.15, 0.2) is 0 Å². The van der Waals surface area contributed by atoms with Gasteiger partial charge in [-0.05, 0) is 11.6 Å². The van der Waals surface area contributed by atoms with E-state index in [9.17, 15) is 9.59 Å². The van der Waals surface area contributed by atoms with E-state index >= 15 is 0 Å². The van der Waals surface area contributed by atoms with Crippen LogP contribution >= 0.6 is 0 Å². The maximum Gasteiger partial charge on any atom is 0.326 e. The van der Waals surface area contributed by atoms with Crippen LogP contribution in [0.4, 0.5) is 0 Å². The number of rotatable bonds is 4. The third-order valence-corrected chi connectivity index (χ3v) is 2.77. The van der Waals surface area contributed by atoms with Crippen molar-refractivity contribution in [3.8, 4) is 0 Å². The number of carbonyl (C=O) groups excluding carboxylic acids is 1. The van der Waals surface area contributed by atoms with Gasteiger partial charge in [-0.1, -0.05) is 18.2 Å². The predicted octanol–water partition coefficient (Wildman–Crippen LogP) is 0.919. The van der Waals surface area contributed by atoms with Gasteiger partial charge in [-0.3, -0.25) is 4.79 Å². The number of aromatic nitrogens is 1. The Morgan fingerprint density at radius 2 is 2.05 bits per heavy atom. The Hall–Kier alpha value is -0.664. The molecule has 0 aliphatic carbocycles. The van der Waals surface area contributed by atoms with Crippen molar-refractivity contribution in [2.24, 2.45) is 0 Å². The summed E-state index contributed by atoms with van der Waals surface area (Å²) in [6.45, 7) is 1.31. The van der Waals surface area contributed by atoms with Crippen LogP contribution in [0.2, 0.25) is 0 Å². The first-order valence-electron chi connectivity index (χ1n) is 5.63. The standard InChI is InChI=1S/C13H14N2O3.K/c1-8(16)15-12(13(17)18)6-9-7-14-11-5-3-2-4-10(9)11;/h2-5,7,12,14H,6H2,1H3,(H,15,16)(H,17,18);/t12-;/m0./s1. The third-order valence-electron chi connectivity index (χ3n) is 2.77. The molecule has 0 unspecified atom stereocenters. The fourth-order valence-corrected chi connectivity index (χ4v) is 1.97. The Morgan fingerprint density at radius 1 is 1.37 bits per heavy atom. The number of carboxylic acids is 1. The minimum absolute atomic E-state index is 0. The fraction of sp³-hybridized carbons (Fsp3) is 0.231. The van der Waals surface area contributed by atoms with Gasteiger partial charge in [-0.25, -0.2) is 4.79 Å². The van der Waals surface area contributed by atoms with Gasteiger partial charge in [0.2, 0.25) is 5.91 Å². The van der Waals surface area contributed by atoms with Crippen molar-refractivity contribution in [1.82, 2.24) is 10.3 Å². The molecule has 1 radical (unpaired) electrons. The van der Waals surface area contributed by atoms with E-state index in [4.69, 9.17) is 5.11 Å². The summed E-state index contributed by atoms with van der Waals surface area (Å²) in [5, 5.41) is 12.5. The molecule has 1 aromatic carbocycles. The van der Waals surface area contributed by atoms with Gasteiger partial charge < -0.3 is 15.4 Å². The number of carbonyl (C=O) groups is 2. The molecule has 19 heavy (non-hydrogen) atoms. The Morgan fingerprint density at radius 3 is 2.68 bits per heavy atom. The maximum atomic E-state index is 11.1. The molecule has 1 atom stereocenters. The van der Waals surface area contributed by atoms with Crippen LogP contribution in [0, 0.1) is 0 Å². The molecule has 0 bridgehead atoms. The first-order valence-corrected chi connectivity index (χ1v) is 5.63. The number of hydrogen-bond donors (Lipinski definition) is 3. The largest absolute Gasteiger partial charge is 0.480 e. The molecule has 0 spiro atoms. The van der Waals surface area contributed by atoms with Crippen molar-refractivity contribution >= 4 is 74.2 Å². The van der Waals surface area contributed by atoms with Crippen molar-refractivity contribution in [1.29, 1.82) is 0 Å². The summed E-state index contributed by atoms with van der Waals surface area (Å²) in [7, 11) is 0. The van der Waals surface area contributed by atoms with E-state index < -0.39 is 12.0 Å². The number of aliphatic carboxylic acids is 1. The van der Waals surface area contributed by atoms with Gasteiger partial charge in [0.1, 0.15) is 6.04 Å². The molecule has 2 rings (SSSR count). The van der Waals surface area contributed by atoms with Crippen molar-refractivity contribution in [2.45, 2.75) is 19.4 Å². The molecule has 0 fully saturated rings. The van der Waals surface area contributed by atoms with Gasteiger partial charge >= 0.3 is 5.97 Å². The van der Waals surface area contributed by atoms with Crippen LogP contribution in [-0.2, 0) is 16.0 Å². The molecule has 2 aromatic rings. The van der Waals surface area contributed by atoms with E-state index in [1.165, 1.54) is 6.92 Å². The Bertz CT molecular complexity index is 594. The number of nitrogens with one attached hydrogen (secondary N) is 2. The molecule has 0 saturated carbocycles. The van der Waals surface area contributed by atoms with Crippen molar-refractivity contribution in [3.63, 3.8) is 0 Å². The molecule has 0 aliphatic heterocycles. The number of amides is 1. The molecular weight excluding hydrogens is 271 g/mol. The minimum Gasteiger partial charge on any atom is -0.480 e. The molecule has 95 valence electrons. The summed E-state index contributed by atoms with van der Waals surface area (Å²) in [6, 6.07) is 6.75. The molecule has 6 heteroatoms. The van der Waals surface area contributed by atoms with Crippen molar-refractivity contribution in [3.05, 3.63) is 36.0 Å². The summed E-state index contributed by atoms with van der Waals surface area (Å²) in [4.78, 5) is 25.1. The van der Waals surface area contributed by atoms with Gasteiger partial charge in [0.05, 0.1) is 0 Å². The molecule has 3 N–H and O–H groups in total. The van der Waals surface area contributed by atoms with E-state index in [-0.39, 0.29) is 63.7 Å². The quantitative estimate of drug-likeness (QED) is 0.731. The smallest absolute Gasteiger partial charge is 0.326 e. The SMILES string of the molecule is CC(=O)N[C@@H](Cc1c[nH]c2ccccc12)C(=O)O.[K]. The zero-order valence-electron chi connectivity index (χ0n) is 10.9. The number of benzene rings is 1. The second-order valence-corrected chi connectivity index (χ2v) is 4.15. The number of carboxylic acid groups (broad SMARTS) is 1. The maximum absolute atomic E-state index is 11.1. The topological polar surface area (TPSA) is 82.2 Å². The number of hydrogen-bond acceptors (Lipinski definition) is 2. The zero-order chi connectivity index (χ0) is 13.1. The summed E-state index contributed by atoms with van der Waals surface area (Å²) in [5.74, 6) is -1.38. The van der Waals surface area contributed by atoms with E-state index in [0.717, 1.165) is 16.5 Å². The van der Waals surface area contributed by atoms with Crippen LogP contribution in [0.25, 0.3) is 10.9 Å². The predicted molar refractivity (Wildman–Crippen MR) is 73.0 cm³/mol. The third kappa shape index (κ3) is 4.15. The molecule has 5 nitrogen and oxygen atoms in total. The Labute approximate surface area is 153 Å². The number of fused-ring (bicyclic) bond motifs is 1. The van der Waals surface area contributed by atoms with E-state index in [1.807, 2.05) is 24.3 Å². The second kappa shape index (κ2) is 7.21. The Balaban J connectivity index is 0.00000180. The average molecular weight is 285 g/mol. The Kier molecular flexibility index (Phi) is 6.22. The molecule has 0 saturated heterocycles. The first kappa shape index (κ1) is 16.4. The number of para-hydroxylation sites is 1. The molecular formula is C13H14KN2O3. The van der Waals surface area contributed by atoms with Gasteiger partial charge in [-0.15, -0.1) is 0 Å². The van der Waals surface area contributed by atoms with Gasteiger partial charge in [-0.2, -0.15) is 0 Å². The second-order valence-electron chi connectivity index (χ2n) is 4.15. The van der Waals surface area contributed by atoms with Crippen molar-refractivity contribution < 1.29 is 14.7 Å². The molecule has 1 heterocycles. The molecule has 0 aliphatic rings. The van der Waals surface area contributed by atoms with E-state index in [2.05, 4.69) is 10.3 Å². The summed E-state index contributed by atoms with van der Waals surface area (Å²) in [5.41, 5.74) is 1.84. The zero-order valence-corrected chi connectivity index (χ0v) is 14.1. The van der Waals surface area contributed by atoms with Crippen LogP contribution in [0.15, 0.2) is 30.5 Å². The average Bonchev–Trinajstić information content (AvgIpc) is 2.71. The monoisotopic (exact) mass is 285 g/mol. The van der Waals surface area contributed by atoms with Crippen LogP contribution in [-0.4, -0.2) is 79.4 Å². The van der Waals surface area contributed by atoms with E-state index in [0.29, 0.717) is 0 Å². The van der Waals surface area contributed by atoms with Crippen LogP contribution in [0.3, 0.4) is 0 Å². The molecule has 1 amide bonds. The number of aromatic amines is 1. The van der Waals surface area contributed by atoms with Gasteiger partial charge in [0, 0.05) is 81.8 Å². The van der Waals surface area contributed by atoms with E-state index in [1.54, 1.807) is 6.20 Å². The molecule has 1 aromatic heterocycles. The summed E-state index contributed by atoms with van der Waals surface area (Å²) >= 11 is 0. The van der Waals surface area contributed by atoms with Crippen molar-refractivity contribution in [2.75, 3.05) is 0 Å². The van der Waals surface area contributed by atoms with Crippen LogP contribution in [0.1, 0.15) is 12.5 Å². The minimum atomic E-state index is -1.03. The van der Waals surface area contributed by atoms with Crippen LogP contribution in [0.5, 0.6) is 0 Å². The first-order chi connectivity index (χ1) is 8.58. The normalized spacial score (nSPS) is 11.6.